The van der Waals surface area contributed by atoms with Crippen molar-refractivity contribution in [3.63, 3.8) is 0 Å². The van der Waals surface area contributed by atoms with Crippen LogP contribution in [0.3, 0.4) is 0 Å². The van der Waals surface area contributed by atoms with Crippen LogP contribution in [0.15, 0.2) is 146 Å². The maximum atomic E-state index is 12.9. The number of carbonyl (C=O) groups is 3. The highest BCUT2D eigenvalue weighted by Gasteiger charge is 2.19. The summed E-state index contributed by atoms with van der Waals surface area (Å²) >= 11 is 0. The van der Waals surface area contributed by atoms with Crippen LogP contribution >= 0.6 is 0 Å². The molecule has 0 spiro atoms. The highest BCUT2D eigenvalue weighted by Crippen LogP contribution is 2.15. The zero-order chi connectivity index (χ0) is 58.5. The van der Waals surface area contributed by atoms with Gasteiger partial charge in [0.1, 0.15) is 13.2 Å². The number of hydrogen-bond donors (Lipinski definition) is 0. The van der Waals surface area contributed by atoms with Gasteiger partial charge in [0, 0.05) is 19.3 Å². The highest BCUT2D eigenvalue weighted by atomic mass is 16.6. The highest BCUT2D eigenvalue weighted by molar-refractivity contribution is 5.71. The average molecular weight is 1120 g/mol. The molecule has 0 saturated carbocycles. The molecule has 0 aliphatic heterocycles. The van der Waals surface area contributed by atoms with E-state index >= 15 is 0 Å². The summed E-state index contributed by atoms with van der Waals surface area (Å²) in [6.45, 7) is 6.36. The summed E-state index contributed by atoms with van der Waals surface area (Å²) in [6.07, 6.45) is 97.2. The van der Waals surface area contributed by atoms with E-state index in [1.54, 1.807) is 0 Å². The van der Waals surface area contributed by atoms with Crippen LogP contribution in [-0.2, 0) is 28.6 Å². The van der Waals surface area contributed by atoms with E-state index in [2.05, 4.69) is 167 Å². The SMILES string of the molecule is CC/C=C\C/C=C\C/C=C\C/C=C\C/C=C\C/C=C\CCCCCCCCC(=O)OC(COC(=O)CCCCCCC/C=C\CCCC)COC(=O)CCCCCCCCCCCCC/C=C\C/C=C\C/C=C\C/C=C\C/C=C\CC. The Morgan fingerprint density at radius 2 is 0.481 bits per heavy atom. The van der Waals surface area contributed by atoms with Gasteiger partial charge in [-0.25, -0.2) is 0 Å². The van der Waals surface area contributed by atoms with E-state index < -0.39 is 6.10 Å². The molecule has 6 nitrogen and oxygen atoms in total. The summed E-state index contributed by atoms with van der Waals surface area (Å²) in [4.78, 5) is 38.3. The van der Waals surface area contributed by atoms with Gasteiger partial charge in [-0.3, -0.25) is 14.4 Å². The van der Waals surface area contributed by atoms with Crippen LogP contribution < -0.4 is 0 Å². The molecule has 0 aliphatic rings. The molecular formula is C75H122O6. The number of unbranched alkanes of at least 4 members (excludes halogenated alkanes) is 24. The molecule has 0 heterocycles. The fourth-order valence-corrected chi connectivity index (χ4v) is 8.87. The quantitative estimate of drug-likeness (QED) is 0.0261. The van der Waals surface area contributed by atoms with Crippen molar-refractivity contribution < 1.29 is 28.6 Å². The lowest BCUT2D eigenvalue weighted by atomic mass is 10.0. The Morgan fingerprint density at radius 1 is 0.259 bits per heavy atom. The zero-order valence-corrected chi connectivity index (χ0v) is 52.5. The summed E-state index contributed by atoms with van der Waals surface area (Å²) < 4.78 is 16.9. The normalized spacial score (nSPS) is 13.1. The first-order chi connectivity index (χ1) is 40.0. The minimum Gasteiger partial charge on any atom is -0.462 e. The number of rotatable bonds is 59. The van der Waals surface area contributed by atoms with Crippen molar-refractivity contribution >= 4 is 17.9 Å². The molecule has 0 radical (unpaired) electrons. The van der Waals surface area contributed by atoms with Gasteiger partial charge in [0.15, 0.2) is 6.10 Å². The standard InChI is InChI=1S/C75H122O6/c1-4-7-10-13-16-19-22-24-26-28-30-32-34-36-37-39-40-42-44-46-48-50-53-56-59-62-65-68-74(77)80-71-72(70-79-73(76)67-64-61-58-55-52-21-18-15-12-9-6-3)81-75(78)69-66-63-60-57-54-51-49-47-45-43-41-38-35-33-31-29-27-25-23-20-17-14-11-8-5-2/h7-8,10-11,15-20,24-27,30-33,36-38,41,45,47,72H,4-6,9,12-14,21-23,28-29,34-35,39-40,42-44,46,48-71H2,1-3H3/b10-7-,11-8-,18-15-,19-16-,20-17-,26-24-,27-25-,32-30-,33-31-,37-36-,41-38-,47-45-. The van der Waals surface area contributed by atoms with Crippen LogP contribution in [0.2, 0.25) is 0 Å². The predicted molar refractivity (Wildman–Crippen MR) is 352 cm³/mol. The summed E-state index contributed by atoms with van der Waals surface area (Å²) in [5.74, 6) is -0.918. The maximum Gasteiger partial charge on any atom is 0.306 e. The van der Waals surface area contributed by atoms with Crippen LogP contribution in [0.25, 0.3) is 0 Å². The van der Waals surface area contributed by atoms with Crippen molar-refractivity contribution in [2.75, 3.05) is 13.2 Å². The van der Waals surface area contributed by atoms with Crippen LogP contribution in [0.5, 0.6) is 0 Å². The Bertz CT molecular complexity index is 1760. The molecular weight excluding hydrogens is 997 g/mol. The van der Waals surface area contributed by atoms with Crippen molar-refractivity contribution in [1.82, 2.24) is 0 Å². The lowest BCUT2D eigenvalue weighted by Gasteiger charge is -2.18. The molecule has 0 rings (SSSR count). The van der Waals surface area contributed by atoms with Gasteiger partial charge in [0.2, 0.25) is 0 Å². The molecule has 81 heavy (non-hydrogen) atoms. The van der Waals surface area contributed by atoms with Gasteiger partial charge in [-0.15, -0.1) is 0 Å². The second-order valence-corrected chi connectivity index (χ2v) is 21.6. The third-order valence-corrected chi connectivity index (χ3v) is 13.8. The van der Waals surface area contributed by atoms with Gasteiger partial charge in [-0.2, -0.15) is 0 Å². The largest absolute Gasteiger partial charge is 0.462 e. The summed E-state index contributed by atoms with van der Waals surface area (Å²) in [7, 11) is 0. The molecule has 0 aromatic heterocycles. The van der Waals surface area contributed by atoms with Gasteiger partial charge in [0.05, 0.1) is 0 Å². The number of esters is 3. The fraction of sp³-hybridized carbons (Fsp3) is 0.640. The van der Waals surface area contributed by atoms with Gasteiger partial charge in [0.25, 0.3) is 0 Å². The fourth-order valence-electron chi connectivity index (χ4n) is 8.87. The van der Waals surface area contributed by atoms with Gasteiger partial charge >= 0.3 is 17.9 Å². The molecule has 0 saturated heterocycles. The molecule has 6 heteroatoms. The molecule has 458 valence electrons. The number of carbonyl (C=O) groups excluding carboxylic acids is 3. The predicted octanol–water partition coefficient (Wildman–Crippen LogP) is 23.1. The molecule has 0 aromatic carbocycles. The third-order valence-electron chi connectivity index (χ3n) is 13.8. The van der Waals surface area contributed by atoms with E-state index in [1.807, 2.05) is 0 Å². The van der Waals surface area contributed by atoms with Crippen molar-refractivity contribution in [1.29, 1.82) is 0 Å². The van der Waals surface area contributed by atoms with Crippen LogP contribution in [0.1, 0.15) is 290 Å². The van der Waals surface area contributed by atoms with Gasteiger partial charge in [-0.1, -0.05) is 282 Å². The first-order valence-electron chi connectivity index (χ1n) is 33.3. The Morgan fingerprint density at radius 3 is 0.765 bits per heavy atom. The Kier molecular flexibility index (Phi) is 63.9. The summed E-state index contributed by atoms with van der Waals surface area (Å²) in [5.41, 5.74) is 0. The molecule has 1 atom stereocenters. The molecule has 1 unspecified atom stereocenters. The zero-order valence-electron chi connectivity index (χ0n) is 52.5. The smallest absolute Gasteiger partial charge is 0.306 e. The minimum absolute atomic E-state index is 0.0924. The van der Waals surface area contributed by atoms with Crippen molar-refractivity contribution in [2.45, 2.75) is 297 Å². The molecule has 0 N–H and O–H groups in total. The maximum absolute atomic E-state index is 12.9. The average Bonchev–Trinajstić information content (AvgIpc) is 3.47. The molecule has 0 aliphatic carbocycles. The Hall–Kier alpha value is -4.71. The number of allylic oxidation sites excluding steroid dienone is 24. The van der Waals surface area contributed by atoms with Gasteiger partial charge in [-0.05, 0) is 135 Å². The number of hydrogen-bond acceptors (Lipinski definition) is 6. The lowest BCUT2D eigenvalue weighted by Crippen LogP contribution is -2.30. The number of ether oxygens (including phenoxy) is 3. The first kappa shape index (κ1) is 76.3. The second kappa shape index (κ2) is 67.8. The first-order valence-corrected chi connectivity index (χ1v) is 33.3. The van der Waals surface area contributed by atoms with E-state index in [9.17, 15) is 14.4 Å². The topological polar surface area (TPSA) is 78.9 Å². The summed E-state index contributed by atoms with van der Waals surface area (Å²) in [5, 5.41) is 0. The molecule has 0 aromatic rings. The molecule has 0 bridgehead atoms. The second-order valence-electron chi connectivity index (χ2n) is 21.6. The summed E-state index contributed by atoms with van der Waals surface area (Å²) in [6, 6.07) is 0. The molecule has 0 fully saturated rings. The van der Waals surface area contributed by atoms with E-state index in [1.165, 1.54) is 96.3 Å². The van der Waals surface area contributed by atoms with Crippen molar-refractivity contribution in [2.24, 2.45) is 0 Å². The van der Waals surface area contributed by atoms with E-state index in [0.29, 0.717) is 19.3 Å². The van der Waals surface area contributed by atoms with Crippen LogP contribution in [-0.4, -0.2) is 37.2 Å². The van der Waals surface area contributed by atoms with Crippen LogP contribution in [0, 0.1) is 0 Å². The van der Waals surface area contributed by atoms with E-state index in [4.69, 9.17) is 14.2 Å². The monoisotopic (exact) mass is 1120 g/mol. The van der Waals surface area contributed by atoms with Crippen LogP contribution in [0.4, 0.5) is 0 Å². The Balaban J connectivity index is 4.33. The van der Waals surface area contributed by atoms with E-state index in [-0.39, 0.29) is 31.1 Å². The lowest BCUT2D eigenvalue weighted by molar-refractivity contribution is -0.167. The third kappa shape index (κ3) is 66.0. The van der Waals surface area contributed by atoms with Gasteiger partial charge < -0.3 is 14.2 Å². The minimum atomic E-state index is -0.798. The molecule has 0 amide bonds. The van der Waals surface area contributed by atoms with E-state index in [0.717, 1.165) is 154 Å². The van der Waals surface area contributed by atoms with Crippen molar-refractivity contribution in [3.05, 3.63) is 146 Å². The van der Waals surface area contributed by atoms with Crippen molar-refractivity contribution in [3.8, 4) is 0 Å². The Labute approximate surface area is 499 Å².